The Balaban J connectivity index is 2.27. The van der Waals surface area contributed by atoms with Gasteiger partial charge in [-0.2, -0.15) is 0 Å². The van der Waals surface area contributed by atoms with Gasteiger partial charge in [-0.3, -0.25) is 4.90 Å². The Kier molecular flexibility index (Phi) is 7.35. The van der Waals surface area contributed by atoms with Gasteiger partial charge in [0.1, 0.15) is 5.01 Å². The second-order valence-electron chi connectivity index (χ2n) is 3.95. The minimum Gasteiger partial charge on any atom is -0.380 e. The quantitative estimate of drug-likeness (QED) is 0.684. The summed E-state index contributed by atoms with van der Waals surface area (Å²) in [6.45, 7) is 9.43. The van der Waals surface area contributed by atoms with Crippen molar-refractivity contribution in [1.29, 1.82) is 0 Å². The molecule has 5 heteroatoms. The minimum atomic E-state index is 0.789. The first kappa shape index (κ1) is 14.6. The number of likely N-dealkylation sites (N-methyl/N-ethyl adjacent to an activating group) is 1. The zero-order valence-corrected chi connectivity index (χ0v) is 11.8. The second-order valence-corrected chi connectivity index (χ2v) is 4.89. The Hall–Kier alpha value is -0.490. The number of ether oxygens (including phenoxy) is 1. The average Bonchev–Trinajstić information content (AvgIpc) is 2.74. The van der Waals surface area contributed by atoms with Gasteiger partial charge in [0.15, 0.2) is 0 Å². The van der Waals surface area contributed by atoms with Crippen LogP contribution in [0.5, 0.6) is 0 Å². The van der Waals surface area contributed by atoms with Crippen LogP contribution in [0.15, 0.2) is 5.38 Å². The van der Waals surface area contributed by atoms with Crippen LogP contribution in [-0.4, -0.2) is 43.2 Å². The highest BCUT2D eigenvalue weighted by atomic mass is 32.1. The Bertz CT molecular complexity index is 304. The monoisotopic (exact) mass is 257 g/mol. The maximum atomic E-state index is 5.33. The van der Waals surface area contributed by atoms with E-state index in [1.165, 1.54) is 5.01 Å². The first-order valence-electron chi connectivity index (χ1n) is 6.16. The molecule has 0 aromatic carbocycles. The van der Waals surface area contributed by atoms with Crippen molar-refractivity contribution < 1.29 is 4.74 Å². The van der Waals surface area contributed by atoms with Crippen LogP contribution in [0, 0.1) is 0 Å². The van der Waals surface area contributed by atoms with Crippen molar-refractivity contribution in [3.05, 3.63) is 16.1 Å². The number of nitrogens with zero attached hydrogens (tertiary/aromatic N) is 2. The van der Waals surface area contributed by atoms with Crippen LogP contribution in [0.4, 0.5) is 0 Å². The van der Waals surface area contributed by atoms with Crippen LogP contribution in [0.3, 0.4) is 0 Å². The molecule has 1 heterocycles. The van der Waals surface area contributed by atoms with Gasteiger partial charge in [-0.25, -0.2) is 4.98 Å². The van der Waals surface area contributed by atoms with Crippen LogP contribution in [0.25, 0.3) is 0 Å². The van der Waals surface area contributed by atoms with E-state index >= 15 is 0 Å². The normalized spacial score (nSPS) is 11.3. The molecule has 1 N–H and O–H groups in total. The summed E-state index contributed by atoms with van der Waals surface area (Å²) in [5.41, 5.74) is 1.15. The molecule has 1 aromatic rings. The third-order valence-corrected chi connectivity index (χ3v) is 3.28. The van der Waals surface area contributed by atoms with Crippen LogP contribution in [-0.2, 0) is 17.8 Å². The molecule has 0 atom stereocenters. The maximum Gasteiger partial charge on any atom is 0.107 e. The molecule has 0 bridgehead atoms. The lowest BCUT2D eigenvalue weighted by Gasteiger charge is -2.14. The summed E-state index contributed by atoms with van der Waals surface area (Å²) in [7, 11) is 2.10. The molecule has 0 aliphatic heterocycles. The number of hydrogen-bond acceptors (Lipinski definition) is 5. The van der Waals surface area contributed by atoms with E-state index in [2.05, 4.69) is 34.6 Å². The Labute approximate surface area is 108 Å². The second kappa shape index (κ2) is 8.58. The van der Waals surface area contributed by atoms with E-state index in [1.807, 2.05) is 6.92 Å². The number of nitrogens with one attached hydrogen (secondary N) is 1. The predicted octanol–water partition coefficient (Wildman–Crippen LogP) is 1.72. The predicted molar refractivity (Wildman–Crippen MR) is 72.3 cm³/mol. The highest BCUT2D eigenvalue weighted by Crippen LogP contribution is 2.10. The van der Waals surface area contributed by atoms with E-state index in [-0.39, 0.29) is 0 Å². The van der Waals surface area contributed by atoms with Crippen molar-refractivity contribution in [3.8, 4) is 0 Å². The first-order chi connectivity index (χ1) is 8.26. The number of rotatable bonds is 9. The molecule has 0 saturated heterocycles. The summed E-state index contributed by atoms with van der Waals surface area (Å²) in [5.74, 6) is 0. The topological polar surface area (TPSA) is 37.4 Å². The third kappa shape index (κ3) is 6.12. The molecule has 17 heavy (non-hydrogen) atoms. The van der Waals surface area contributed by atoms with Gasteiger partial charge in [0.25, 0.3) is 0 Å². The summed E-state index contributed by atoms with van der Waals surface area (Å²) in [5, 5.41) is 6.60. The van der Waals surface area contributed by atoms with E-state index in [4.69, 9.17) is 4.74 Å². The largest absolute Gasteiger partial charge is 0.380 e. The highest BCUT2D eigenvalue weighted by molar-refractivity contribution is 7.09. The van der Waals surface area contributed by atoms with Crippen LogP contribution < -0.4 is 5.32 Å². The van der Waals surface area contributed by atoms with Gasteiger partial charge >= 0.3 is 0 Å². The average molecular weight is 257 g/mol. The molecule has 98 valence electrons. The van der Waals surface area contributed by atoms with Crippen molar-refractivity contribution in [1.82, 2.24) is 15.2 Å². The van der Waals surface area contributed by atoms with Crippen molar-refractivity contribution in [3.63, 3.8) is 0 Å². The lowest BCUT2D eigenvalue weighted by Crippen LogP contribution is -2.23. The molecule has 0 fully saturated rings. The van der Waals surface area contributed by atoms with Crippen molar-refractivity contribution >= 4 is 11.3 Å². The lowest BCUT2D eigenvalue weighted by atomic mass is 10.4. The molecule has 0 spiro atoms. The van der Waals surface area contributed by atoms with Gasteiger partial charge in [-0.05, 0) is 20.5 Å². The lowest BCUT2D eigenvalue weighted by molar-refractivity contribution is 0.120. The first-order valence-corrected chi connectivity index (χ1v) is 7.04. The maximum absolute atomic E-state index is 5.33. The van der Waals surface area contributed by atoms with E-state index in [1.54, 1.807) is 11.3 Å². The standard InChI is InChI=1S/C12H23N3OS/c1-4-13-8-12-14-11(10-17-12)9-15(3)6-7-16-5-2/h10,13H,4-9H2,1-3H3. The smallest absolute Gasteiger partial charge is 0.107 e. The van der Waals surface area contributed by atoms with Crippen molar-refractivity contribution in [2.45, 2.75) is 26.9 Å². The number of aromatic nitrogens is 1. The van der Waals surface area contributed by atoms with E-state index in [0.29, 0.717) is 0 Å². The van der Waals surface area contributed by atoms with E-state index < -0.39 is 0 Å². The zero-order valence-electron chi connectivity index (χ0n) is 11.0. The minimum absolute atomic E-state index is 0.789. The molecule has 0 saturated carbocycles. The SMILES string of the molecule is CCNCc1nc(CN(C)CCOCC)cs1. The Morgan fingerprint density at radius 3 is 3.00 bits per heavy atom. The van der Waals surface area contributed by atoms with Gasteiger partial charge in [0, 0.05) is 31.6 Å². The Morgan fingerprint density at radius 2 is 2.29 bits per heavy atom. The molecule has 0 unspecified atom stereocenters. The molecule has 0 aliphatic rings. The van der Waals surface area contributed by atoms with Crippen molar-refractivity contribution in [2.75, 3.05) is 33.4 Å². The molecular weight excluding hydrogens is 234 g/mol. The molecule has 0 amide bonds. The third-order valence-electron chi connectivity index (χ3n) is 2.38. The molecule has 1 rings (SSSR count). The summed E-state index contributed by atoms with van der Waals surface area (Å²) >= 11 is 1.73. The molecule has 0 radical (unpaired) electrons. The zero-order chi connectivity index (χ0) is 12.5. The van der Waals surface area contributed by atoms with E-state index in [9.17, 15) is 0 Å². The highest BCUT2D eigenvalue weighted by Gasteiger charge is 2.04. The van der Waals surface area contributed by atoms with Gasteiger partial charge in [0.2, 0.25) is 0 Å². The van der Waals surface area contributed by atoms with Gasteiger partial charge in [-0.15, -0.1) is 11.3 Å². The summed E-state index contributed by atoms with van der Waals surface area (Å²) < 4.78 is 5.33. The number of thiazole rings is 1. The Morgan fingerprint density at radius 1 is 1.47 bits per heavy atom. The number of hydrogen-bond donors (Lipinski definition) is 1. The molecule has 4 nitrogen and oxygen atoms in total. The molecular formula is C12H23N3OS. The van der Waals surface area contributed by atoms with Crippen LogP contribution >= 0.6 is 11.3 Å². The van der Waals surface area contributed by atoms with Gasteiger partial charge in [-0.1, -0.05) is 6.92 Å². The molecule has 1 aromatic heterocycles. The fourth-order valence-corrected chi connectivity index (χ4v) is 2.21. The van der Waals surface area contributed by atoms with Gasteiger partial charge < -0.3 is 10.1 Å². The fraction of sp³-hybridized carbons (Fsp3) is 0.750. The summed E-state index contributed by atoms with van der Waals surface area (Å²) in [6, 6.07) is 0. The fourth-order valence-electron chi connectivity index (χ4n) is 1.45. The molecule has 0 aliphatic carbocycles. The van der Waals surface area contributed by atoms with Gasteiger partial charge in [0.05, 0.1) is 12.3 Å². The van der Waals surface area contributed by atoms with Crippen molar-refractivity contribution in [2.24, 2.45) is 0 Å². The summed E-state index contributed by atoms with van der Waals surface area (Å²) in [6.07, 6.45) is 0. The van der Waals surface area contributed by atoms with Crippen LogP contribution in [0.2, 0.25) is 0 Å². The van der Waals surface area contributed by atoms with Crippen LogP contribution in [0.1, 0.15) is 24.5 Å². The van der Waals surface area contributed by atoms with E-state index in [0.717, 1.165) is 45.1 Å². The summed E-state index contributed by atoms with van der Waals surface area (Å²) in [4.78, 5) is 6.83.